The van der Waals surface area contributed by atoms with Crippen LogP contribution in [-0.2, 0) is 0 Å². The molecule has 7 heavy (non-hydrogen) atoms. The fourth-order valence-electron chi connectivity index (χ4n) is 0. The van der Waals surface area contributed by atoms with Crippen molar-refractivity contribution < 1.29 is 0 Å². The van der Waals surface area contributed by atoms with Crippen molar-refractivity contribution in [3.63, 3.8) is 0 Å². The Hall–Kier alpha value is 1.14. The summed E-state index contributed by atoms with van der Waals surface area (Å²) in [6.07, 6.45) is 0. The summed E-state index contributed by atoms with van der Waals surface area (Å²) >= 11 is -1.47. The Kier molecular flexibility index (Phi) is 3.04. The monoisotopic (exact) mass is 202 g/mol. The average Bonchev–Trinajstić information content (AvgIpc) is 1.31. The van der Waals surface area contributed by atoms with E-state index in [1.54, 1.807) is 0 Å². The van der Waals surface area contributed by atoms with E-state index in [2.05, 4.69) is 20.8 Å². The van der Waals surface area contributed by atoms with Crippen molar-refractivity contribution in [3.05, 3.63) is 0 Å². The Bertz CT molecular complexity index is 55.2. The average molecular weight is 203 g/mol. The zero-order chi connectivity index (χ0) is 6.08. The van der Waals surface area contributed by atoms with Gasteiger partial charge in [0.05, 0.1) is 0 Å². The van der Waals surface area contributed by atoms with Crippen molar-refractivity contribution in [2.45, 2.75) is 25.0 Å². The maximum atomic E-state index is 5.67. The minimum absolute atomic E-state index is 0.177. The van der Waals surface area contributed by atoms with E-state index in [9.17, 15) is 0 Å². The number of rotatable bonds is 0. The Morgan fingerprint density at radius 2 is 1.29 bits per heavy atom. The molecule has 0 aliphatic rings. The summed E-state index contributed by atoms with van der Waals surface area (Å²) in [7, 11) is 11.3. The van der Waals surface area contributed by atoms with E-state index in [-0.39, 0.29) is 4.20 Å². The topological polar surface area (TPSA) is 0 Å². The molecule has 44 valence electrons. The van der Waals surface area contributed by atoms with Gasteiger partial charge < -0.3 is 0 Å². The molecule has 0 heterocycles. The van der Waals surface area contributed by atoms with E-state index in [0.717, 1.165) is 0 Å². The van der Waals surface area contributed by atoms with Crippen LogP contribution in [0.15, 0.2) is 0 Å². The maximum absolute atomic E-state index is 5.67. The predicted molar refractivity (Wildman–Crippen MR) is 37.2 cm³/mol. The van der Waals surface area contributed by atoms with Crippen LogP contribution < -0.4 is 0 Å². The van der Waals surface area contributed by atoms with Crippen LogP contribution in [0.4, 0.5) is 0 Å². The quantitative estimate of drug-likeness (QED) is 0.531. The predicted octanol–water partition coefficient (Wildman–Crippen LogP) is 2.75. The van der Waals surface area contributed by atoms with Crippen LogP contribution in [0.25, 0.3) is 0 Å². The molecule has 0 atom stereocenters. The van der Waals surface area contributed by atoms with Gasteiger partial charge in [-0.15, -0.1) is 0 Å². The molecule has 0 saturated carbocycles. The molecule has 0 amide bonds. The summed E-state index contributed by atoms with van der Waals surface area (Å²) in [6.45, 7) is 6.19. The van der Waals surface area contributed by atoms with E-state index in [1.165, 1.54) is 0 Å². The van der Waals surface area contributed by atoms with Crippen LogP contribution in [0, 0.1) is 0 Å². The van der Waals surface area contributed by atoms with Crippen LogP contribution in [0.5, 0.6) is 0 Å². The zero-order valence-electron chi connectivity index (χ0n) is 4.70. The van der Waals surface area contributed by atoms with E-state index in [4.69, 9.17) is 19.9 Å². The molecule has 0 aromatic rings. The van der Waals surface area contributed by atoms with Crippen LogP contribution in [0.1, 0.15) is 20.8 Å². The third-order valence-corrected chi connectivity index (χ3v) is 7.90. The van der Waals surface area contributed by atoms with Crippen molar-refractivity contribution >= 4 is 32.7 Å². The summed E-state index contributed by atoms with van der Waals surface area (Å²) in [5.74, 6) is 0. The summed E-state index contributed by atoms with van der Waals surface area (Å²) < 4.78 is 0.177. The van der Waals surface area contributed by atoms with Crippen molar-refractivity contribution in [3.8, 4) is 0 Å². The Balaban J connectivity index is 3.54. The standard InChI is InChI=1S/C4H9AsCl2/c1-4(2,3)5(6)7/h1-3H3. The number of hydrogen-bond acceptors (Lipinski definition) is 0. The second kappa shape index (κ2) is 2.62. The number of halogens is 2. The molecule has 0 spiro atoms. The van der Waals surface area contributed by atoms with Crippen molar-refractivity contribution in [1.29, 1.82) is 0 Å². The molecule has 0 saturated heterocycles. The molecular weight excluding hydrogens is 194 g/mol. The van der Waals surface area contributed by atoms with Gasteiger partial charge in [0.15, 0.2) is 0 Å². The van der Waals surface area contributed by atoms with Gasteiger partial charge in [-0.2, -0.15) is 0 Å². The van der Waals surface area contributed by atoms with Crippen LogP contribution in [-0.4, -0.2) is 12.8 Å². The first-order chi connectivity index (χ1) is 2.94. The van der Waals surface area contributed by atoms with Crippen molar-refractivity contribution in [2.24, 2.45) is 0 Å². The second-order valence-corrected chi connectivity index (χ2v) is 10.6. The van der Waals surface area contributed by atoms with E-state index < -0.39 is 12.8 Å². The van der Waals surface area contributed by atoms with Crippen molar-refractivity contribution in [1.82, 2.24) is 0 Å². The molecule has 0 radical (unpaired) electrons. The summed E-state index contributed by atoms with van der Waals surface area (Å²) in [4.78, 5) is 0. The van der Waals surface area contributed by atoms with Gasteiger partial charge in [0.25, 0.3) is 0 Å². The Morgan fingerprint density at radius 1 is 1.14 bits per heavy atom. The van der Waals surface area contributed by atoms with Crippen molar-refractivity contribution in [2.75, 3.05) is 0 Å². The molecule has 0 unspecified atom stereocenters. The minimum atomic E-state index is -1.47. The third-order valence-electron chi connectivity index (χ3n) is 0.507. The Labute approximate surface area is 57.8 Å². The first-order valence-corrected chi connectivity index (χ1v) is 7.93. The van der Waals surface area contributed by atoms with E-state index in [1.807, 2.05) is 0 Å². The Morgan fingerprint density at radius 3 is 1.29 bits per heavy atom. The molecule has 3 heteroatoms. The number of hydrogen-bond donors (Lipinski definition) is 0. The zero-order valence-corrected chi connectivity index (χ0v) is 8.09. The molecule has 0 aliphatic heterocycles. The summed E-state index contributed by atoms with van der Waals surface area (Å²) in [5, 5.41) is 0. The van der Waals surface area contributed by atoms with Gasteiger partial charge in [-0.25, -0.2) is 0 Å². The van der Waals surface area contributed by atoms with Gasteiger partial charge in [-0.1, -0.05) is 0 Å². The van der Waals surface area contributed by atoms with Gasteiger partial charge in [-0.3, -0.25) is 0 Å². The summed E-state index contributed by atoms with van der Waals surface area (Å²) in [6, 6.07) is 0. The molecule has 0 aromatic carbocycles. The molecule has 0 nitrogen and oxygen atoms in total. The third kappa shape index (κ3) is 3.70. The van der Waals surface area contributed by atoms with Gasteiger partial charge in [0.2, 0.25) is 0 Å². The summed E-state index contributed by atoms with van der Waals surface area (Å²) in [5.41, 5.74) is 0. The molecule has 0 rings (SSSR count). The molecular formula is C4H9AsCl2. The van der Waals surface area contributed by atoms with E-state index >= 15 is 0 Å². The van der Waals surface area contributed by atoms with Gasteiger partial charge in [-0.05, 0) is 0 Å². The van der Waals surface area contributed by atoms with E-state index in [0.29, 0.717) is 0 Å². The van der Waals surface area contributed by atoms with Crippen LogP contribution in [0.2, 0.25) is 4.20 Å². The molecule has 0 N–H and O–H groups in total. The van der Waals surface area contributed by atoms with Gasteiger partial charge in [0.1, 0.15) is 0 Å². The normalized spacial score (nSPS) is 12.9. The van der Waals surface area contributed by atoms with Gasteiger partial charge in [0, 0.05) is 0 Å². The first-order valence-electron chi connectivity index (χ1n) is 2.06. The molecule has 0 aromatic heterocycles. The fourth-order valence-corrected chi connectivity index (χ4v) is 0. The van der Waals surface area contributed by atoms with Gasteiger partial charge >= 0.3 is 57.6 Å². The fraction of sp³-hybridized carbons (Fsp3) is 1.00. The molecule has 0 fully saturated rings. The second-order valence-electron chi connectivity index (χ2n) is 2.40. The molecule has 0 aliphatic carbocycles. The molecule has 0 bridgehead atoms. The van der Waals surface area contributed by atoms with Crippen LogP contribution >= 0.6 is 19.9 Å². The SMILES string of the molecule is CC(C)(C)[As](Cl)Cl. The van der Waals surface area contributed by atoms with Crippen LogP contribution in [0.3, 0.4) is 0 Å². The first kappa shape index (κ1) is 8.14.